The van der Waals surface area contributed by atoms with Gasteiger partial charge in [-0.3, -0.25) is 4.79 Å². The molecule has 3 aromatic carbocycles. The number of fused-ring (bicyclic) bond motifs is 1. The molecule has 0 unspecified atom stereocenters. The molecule has 0 saturated carbocycles. The number of ether oxygens (including phenoxy) is 1. The number of anilines is 1. The van der Waals surface area contributed by atoms with Crippen molar-refractivity contribution in [3.05, 3.63) is 88.4 Å². The van der Waals surface area contributed by atoms with E-state index in [1.54, 1.807) is 37.4 Å². The van der Waals surface area contributed by atoms with Gasteiger partial charge >= 0.3 is 0 Å². The van der Waals surface area contributed by atoms with Crippen molar-refractivity contribution in [3.8, 4) is 17.0 Å². The number of pyridine rings is 1. The van der Waals surface area contributed by atoms with E-state index in [0.717, 1.165) is 10.9 Å². The normalized spacial score (nSPS) is 10.7. The number of amides is 1. The Morgan fingerprint density at radius 2 is 1.69 bits per heavy atom. The largest absolute Gasteiger partial charge is 0.495 e. The number of carbonyl (C=O) groups excluding carboxylic acids is 1. The summed E-state index contributed by atoms with van der Waals surface area (Å²) in [5, 5.41) is 4.58. The molecule has 0 atom stereocenters. The zero-order valence-corrected chi connectivity index (χ0v) is 17.0. The molecular formula is C23H16Cl2N2O2. The number of hydrogen-bond acceptors (Lipinski definition) is 3. The lowest BCUT2D eigenvalue weighted by Gasteiger charge is -2.13. The number of nitrogens with one attached hydrogen (secondary N) is 1. The van der Waals surface area contributed by atoms with Gasteiger partial charge in [-0.25, -0.2) is 4.98 Å². The number of aromatic nitrogens is 1. The maximum Gasteiger partial charge on any atom is 0.256 e. The molecule has 4 nitrogen and oxygen atoms in total. The zero-order valence-electron chi connectivity index (χ0n) is 15.4. The van der Waals surface area contributed by atoms with Crippen molar-refractivity contribution in [1.29, 1.82) is 0 Å². The van der Waals surface area contributed by atoms with Crippen molar-refractivity contribution in [3.63, 3.8) is 0 Å². The second-order valence-corrected chi connectivity index (χ2v) is 7.17. The molecule has 0 aliphatic heterocycles. The van der Waals surface area contributed by atoms with Crippen molar-refractivity contribution >= 4 is 45.7 Å². The molecule has 1 aromatic heterocycles. The van der Waals surface area contributed by atoms with E-state index in [0.29, 0.717) is 38.3 Å². The van der Waals surface area contributed by atoms with E-state index >= 15 is 0 Å². The summed E-state index contributed by atoms with van der Waals surface area (Å²) in [4.78, 5) is 17.9. The van der Waals surface area contributed by atoms with Gasteiger partial charge in [-0.1, -0.05) is 59.6 Å². The van der Waals surface area contributed by atoms with Crippen LogP contribution in [-0.4, -0.2) is 18.0 Å². The molecule has 1 amide bonds. The van der Waals surface area contributed by atoms with Crippen molar-refractivity contribution in [2.45, 2.75) is 0 Å². The number of halogens is 2. The van der Waals surface area contributed by atoms with Crippen molar-refractivity contribution < 1.29 is 9.53 Å². The fourth-order valence-electron chi connectivity index (χ4n) is 3.10. The number of rotatable bonds is 4. The van der Waals surface area contributed by atoms with Crippen LogP contribution < -0.4 is 10.1 Å². The third-order valence-corrected chi connectivity index (χ3v) is 5.27. The average Bonchev–Trinajstić information content (AvgIpc) is 2.75. The SMILES string of the molecule is COc1ccccc1NC(=O)c1cc(-c2ccc(Cl)c(Cl)c2)nc2ccccc12. The van der Waals surface area contributed by atoms with Crippen LogP contribution in [0.4, 0.5) is 5.69 Å². The summed E-state index contributed by atoms with van der Waals surface area (Å²) >= 11 is 12.2. The Kier molecular flexibility index (Phi) is 5.38. The van der Waals surface area contributed by atoms with Crippen LogP contribution in [0.2, 0.25) is 10.0 Å². The summed E-state index contributed by atoms with van der Waals surface area (Å²) in [6.45, 7) is 0. The highest BCUT2D eigenvalue weighted by molar-refractivity contribution is 6.42. The fraction of sp³-hybridized carbons (Fsp3) is 0.0435. The van der Waals surface area contributed by atoms with Crippen LogP contribution in [0.15, 0.2) is 72.8 Å². The van der Waals surface area contributed by atoms with Crippen LogP contribution in [0.5, 0.6) is 5.75 Å². The third-order valence-electron chi connectivity index (χ3n) is 4.53. The Hall–Kier alpha value is -3.08. The first-order valence-electron chi connectivity index (χ1n) is 8.86. The minimum absolute atomic E-state index is 0.255. The van der Waals surface area contributed by atoms with E-state index < -0.39 is 0 Å². The molecular weight excluding hydrogens is 407 g/mol. The molecule has 29 heavy (non-hydrogen) atoms. The molecule has 0 radical (unpaired) electrons. The minimum atomic E-state index is -0.255. The van der Waals surface area contributed by atoms with Crippen LogP contribution in [0.1, 0.15) is 10.4 Å². The molecule has 0 aliphatic carbocycles. The van der Waals surface area contributed by atoms with E-state index in [9.17, 15) is 4.79 Å². The molecule has 4 aromatic rings. The van der Waals surface area contributed by atoms with Crippen molar-refractivity contribution in [2.75, 3.05) is 12.4 Å². The molecule has 1 heterocycles. The Bertz CT molecular complexity index is 1220. The van der Waals surface area contributed by atoms with Gasteiger partial charge in [0, 0.05) is 10.9 Å². The summed E-state index contributed by atoms with van der Waals surface area (Å²) in [7, 11) is 1.56. The van der Waals surface area contributed by atoms with Crippen LogP contribution >= 0.6 is 23.2 Å². The van der Waals surface area contributed by atoms with Crippen LogP contribution in [0.3, 0.4) is 0 Å². The van der Waals surface area contributed by atoms with E-state index in [2.05, 4.69) is 5.32 Å². The highest BCUT2D eigenvalue weighted by Gasteiger charge is 2.16. The number of para-hydroxylation sites is 3. The number of benzene rings is 3. The molecule has 1 N–H and O–H groups in total. The molecule has 6 heteroatoms. The number of methoxy groups -OCH3 is 1. The fourth-order valence-corrected chi connectivity index (χ4v) is 3.40. The Balaban J connectivity index is 1.82. The maximum absolute atomic E-state index is 13.2. The predicted molar refractivity (Wildman–Crippen MR) is 118 cm³/mol. The number of nitrogens with zero attached hydrogens (tertiary/aromatic N) is 1. The molecule has 0 spiro atoms. The Labute approximate surface area is 178 Å². The van der Waals surface area contributed by atoms with E-state index in [1.165, 1.54) is 0 Å². The molecule has 144 valence electrons. The van der Waals surface area contributed by atoms with Gasteiger partial charge < -0.3 is 10.1 Å². The average molecular weight is 423 g/mol. The zero-order chi connectivity index (χ0) is 20.4. The van der Waals surface area contributed by atoms with Gasteiger partial charge in [-0.2, -0.15) is 0 Å². The summed E-state index contributed by atoms with van der Waals surface area (Å²) in [5.41, 5.74) is 3.21. The topological polar surface area (TPSA) is 51.2 Å². The smallest absolute Gasteiger partial charge is 0.256 e. The van der Waals surface area contributed by atoms with Gasteiger partial charge in [0.1, 0.15) is 5.75 Å². The maximum atomic E-state index is 13.2. The van der Waals surface area contributed by atoms with Gasteiger partial charge in [0.2, 0.25) is 0 Å². The highest BCUT2D eigenvalue weighted by atomic mass is 35.5. The van der Waals surface area contributed by atoms with Gasteiger partial charge in [0.05, 0.1) is 39.6 Å². The third kappa shape index (κ3) is 3.90. The van der Waals surface area contributed by atoms with E-state index in [-0.39, 0.29) is 5.91 Å². The van der Waals surface area contributed by atoms with Crippen LogP contribution in [0.25, 0.3) is 22.2 Å². The van der Waals surface area contributed by atoms with E-state index in [4.69, 9.17) is 32.9 Å². The second kappa shape index (κ2) is 8.11. The summed E-state index contributed by atoms with van der Waals surface area (Å²) < 4.78 is 5.33. The van der Waals surface area contributed by atoms with Gasteiger partial charge in [-0.05, 0) is 36.4 Å². The second-order valence-electron chi connectivity index (χ2n) is 6.36. The quantitative estimate of drug-likeness (QED) is 0.409. The summed E-state index contributed by atoms with van der Waals surface area (Å²) in [6.07, 6.45) is 0. The van der Waals surface area contributed by atoms with Gasteiger partial charge in [0.25, 0.3) is 5.91 Å². The molecule has 0 fully saturated rings. The molecule has 0 saturated heterocycles. The molecule has 0 bridgehead atoms. The number of carbonyl (C=O) groups is 1. The lowest BCUT2D eigenvalue weighted by atomic mass is 10.0. The minimum Gasteiger partial charge on any atom is -0.495 e. The van der Waals surface area contributed by atoms with Gasteiger partial charge in [0.15, 0.2) is 0 Å². The predicted octanol–water partition coefficient (Wildman–Crippen LogP) is 6.47. The first-order chi connectivity index (χ1) is 14.1. The van der Waals surface area contributed by atoms with Crippen molar-refractivity contribution in [1.82, 2.24) is 4.98 Å². The first-order valence-corrected chi connectivity index (χ1v) is 9.62. The lowest BCUT2D eigenvalue weighted by Crippen LogP contribution is -2.13. The summed E-state index contributed by atoms with van der Waals surface area (Å²) in [6, 6.07) is 21.8. The van der Waals surface area contributed by atoms with Crippen LogP contribution in [-0.2, 0) is 0 Å². The Morgan fingerprint density at radius 1 is 0.931 bits per heavy atom. The molecule has 4 rings (SSSR count). The molecule has 0 aliphatic rings. The number of hydrogen-bond donors (Lipinski definition) is 1. The Morgan fingerprint density at radius 3 is 2.48 bits per heavy atom. The van der Waals surface area contributed by atoms with Crippen molar-refractivity contribution in [2.24, 2.45) is 0 Å². The lowest BCUT2D eigenvalue weighted by molar-refractivity contribution is 0.102. The highest BCUT2D eigenvalue weighted by Crippen LogP contribution is 2.31. The monoisotopic (exact) mass is 422 g/mol. The summed E-state index contributed by atoms with van der Waals surface area (Å²) in [5.74, 6) is 0.332. The van der Waals surface area contributed by atoms with Gasteiger partial charge in [-0.15, -0.1) is 0 Å². The van der Waals surface area contributed by atoms with Crippen LogP contribution in [0, 0.1) is 0 Å². The van der Waals surface area contributed by atoms with E-state index in [1.807, 2.05) is 42.5 Å². The standard InChI is InChI=1S/C23H16Cl2N2O2/c1-29-22-9-5-4-8-20(22)27-23(28)16-13-21(14-10-11-17(24)18(25)12-14)26-19-7-3-2-6-15(16)19/h2-13H,1H3,(H,27,28). The first kappa shape index (κ1) is 19.2.